The van der Waals surface area contributed by atoms with Crippen molar-refractivity contribution in [2.75, 3.05) is 5.32 Å². The number of benzene rings is 2. The number of allylic oxidation sites excluding steroid dienone is 3. The van der Waals surface area contributed by atoms with E-state index in [0.717, 1.165) is 16.9 Å². The Labute approximate surface area is 172 Å². The van der Waals surface area contributed by atoms with Gasteiger partial charge in [0, 0.05) is 33.5 Å². The van der Waals surface area contributed by atoms with Gasteiger partial charge in [-0.05, 0) is 24.1 Å². The Morgan fingerprint density at radius 2 is 1.53 bits per heavy atom. The molecule has 3 aromatic carbocycles. The van der Waals surface area contributed by atoms with Crippen molar-refractivity contribution in [1.82, 2.24) is 0 Å². The summed E-state index contributed by atoms with van der Waals surface area (Å²) in [6, 6.07) is 14.5. The van der Waals surface area contributed by atoms with E-state index in [9.17, 15) is 19.5 Å². The van der Waals surface area contributed by atoms with Gasteiger partial charge in [-0.2, -0.15) is 0 Å². The van der Waals surface area contributed by atoms with Crippen LogP contribution in [-0.4, -0.2) is 10.9 Å². The van der Waals surface area contributed by atoms with E-state index in [2.05, 4.69) is 5.32 Å². The molecule has 0 unspecified atom stereocenters. The molecular formula is C25H19NO4. The SMILES string of the molecule is CC(=C1Nc2ccccc2C1(C)C)c1c(C2=C(O)c3ccccc3C2=O)c(=O)c1=O. The number of hydrogen-bond donors (Lipinski definition) is 2. The van der Waals surface area contributed by atoms with Gasteiger partial charge in [0.1, 0.15) is 5.76 Å². The molecule has 2 N–H and O–H groups in total. The highest BCUT2D eigenvalue weighted by Gasteiger charge is 2.41. The van der Waals surface area contributed by atoms with Crippen LogP contribution in [-0.2, 0) is 5.41 Å². The summed E-state index contributed by atoms with van der Waals surface area (Å²) in [6.07, 6.45) is 0. The first kappa shape index (κ1) is 18.3. The van der Waals surface area contributed by atoms with Crippen LogP contribution in [0.15, 0.2) is 63.8 Å². The Morgan fingerprint density at radius 1 is 0.900 bits per heavy atom. The van der Waals surface area contributed by atoms with Crippen LogP contribution in [0.1, 0.15) is 53.4 Å². The maximum Gasteiger partial charge on any atom is 0.235 e. The average Bonchev–Trinajstić information content (AvgIpc) is 3.16. The van der Waals surface area contributed by atoms with Crippen molar-refractivity contribution >= 4 is 28.4 Å². The average molecular weight is 397 g/mol. The molecule has 5 heteroatoms. The normalized spacial score (nSPS) is 18.4. The van der Waals surface area contributed by atoms with Crippen molar-refractivity contribution in [1.29, 1.82) is 0 Å². The molecule has 0 bridgehead atoms. The molecule has 0 radical (unpaired) electrons. The minimum Gasteiger partial charge on any atom is -0.506 e. The second-order valence-corrected chi connectivity index (χ2v) is 8.30. The van der Waals surface area contributed by atoms with Gasteiger partial charge < -0.3 is 10.4 Å². The third-order valence-corrected chi connectivity index (χ3v) is 6.29. The van der Waals surface area contributed by atoms with Crippen LogP contribution in [0.2, 0.25) is 0 Å². The highest BCUT2D eigenvalue weighted by atomic mass is 16.3. The minimum atomic E-state index is -0.735. The largest absolute Gasteiger partial charge is 0.506 e. The lowest BCUT2D eigenvalue weighted by Crippen LogP contribution is -2.40. The van der Waals surface area contributed by atoms with Gasteiger partial charge in [0.15, 0.2) is 5.78 Å². The Bertz CT molecular complexity index is 1410. The first-order valence-corrected chi connectivity index (χ1v) is 9.74. The van der Waals surface area contributed by atoms with E-state index in [4.69, 9.17) is 0 Å². The Morgan fingerprint density at radius 3 is 2.20 bits per heavy atom. The molecule has 0 saturated heterocycles. The number of Topliss-reactive ketones (excluding diaryl/α,β-unsaturated/α-hetero) is 1. The first-order valence-electron chi connectivity index (χ1n) is 9.74. The van der Waals surface area contributed by atoms with Crippen LogP contribution in [0.25, 0.3) is 16.9 Å². The van der Waals surface area contributed by atoms with Gasteiger partial charge >= 0.3 is 0 Å². The Hall–Kier alpha value is -3.73. The lowest BCUT2D eigenvalue weighted by atomic mass is 9.79. The Balaban J connectivity index is 1.71. The monoisotopic (exact) mass is 397 g/mol. The number of para-hydroxylation sites is 1. The van der Waals surface area contributed by atoms with E-state index in [-0.39, 0.29) is 22.5 Å². The molecule has 1 aliphatic carbocycles. The van der Waals surface area contributed by atoms with Crippen molar-refractivity contribution < 1.29 is 9.90 Å². The molecule has 5 nitrogen and oxygen atoms in total. The van der Waals surface area contributed by atoms with E-state index in [1.165, 1.54) is 0 Å². The fraction of sp³-hybridized carbons (Fsp3) is 0.160. The number of carbonyl (C=O) groups is 1. The molecule has 0 amide bonds. The van der Waals surface area contributed by atoms with Gasteiger partial charge in [-0.1, -0.05) is 56.3 Å². The van der Waals surface area contributed by atoms with Crippen LogP contribution in [0.4, 0.5) is 5.69 Å². The summed E-state index contributed by atoms with van der Waals surface area (Å²) in [4.78, 5) is 38.1. The number of carbonyl (C=O) groups excluding carboxylic acids is 1. The quantitative estimate of drug-likeness (QED) is 0.638. The zero-order valence-electron chi connectivity index (χ0n) is 16.8. The topological polar surface area (TPSA) is 83.5 Å². The number of nitrogens with one attached hydrogen (secondary N) is 1. The molecule has 2 aliphatic rings. The maximum atomic E-state index is 12.9. The molecule has 148 valence electrons. The molecule has 1 heterocycles. The molecule has 0 atom stereocenters. The molecule has 30 heavy (non-hydrogen) atoms. The summed E-state index contributed by atoms with van der Waals surface area (Å²) in [5.41, 5.74) is 2.53. The van der Waals surface area contributed by atoms with Crippen LogP contribution >= 0.6 is 0 Å². The third-order valence-electron chi connectivity index (χ3n) is 6.29. The number of ketones is 1. The number of rotatable bonds is 2. The second-order valence-electron chi connectivity index (χ2n) is 8.30. The van der Waals surface area contributed by atoms with Crippen LogP contribution in [0, 0.1) is 0 Å². The van der Waals surface area contributed by atoms with E-state index in [1.54, 1.807) is 31.2 Å². The summed E-state index contributed by atoms with van der Waals surface area (Å²) < 4.78 is 0. The van der Waals surface area contributed by atoms with E-state index < -0.39 is 22.1 Å². The number of aliphatic hydroxyl groups excluding tert-OH is 1. The zero-order valence-corrected chi connectivity index (χ0v) is 16.8. The lowest BCUT2D eigenvalue weighted by Gasteiger charge is -2.24. The molecule has 5 rings (SSSR count). The number of hydrogen-bond acceptors (Lipinski definition) is 5. The molecule has 0 aromatic heterocycles. The van der Waals surface area contributed by atoms with E-state index >= 15 is 0 Å². The Kier molecular flexibility index (Phi) is 3.59. The predicted octanol–water partition coefficient (Wildman–Crippen LogP) is 4.04. The maximum absolute atomic E-state index is 12.9. The molecule has 0 fully saturated rings. The van der Waals surface area contributed by atoms with Crippen molar-refractivity contribution in [2.24, 2.45) is 0 Å². The van der Waals surface area contributed by atoms with Crippen LogP contribution in [0.3, 0.4) is 0 Å². The van der Waals surface area contributed by atoms with Gasteiger partial charge in [0.2, 0.25) is 10.9 Å². The number of anilines is 1. The van der Waals surface area contributed by atoms with Crippen molar-refractivity contribution in [3.8, 4) is 0 Å². The fourth-order valence-corrected chi connectivity index (χ4v) is 4.73. The third kappa shape index (κ3) is 2.15. The van der Waals surface area contributed by atoms with Gasteiger partial charge in [0.05, 0.1) is 11.1 Å². The molecule has 0 spiro atoms. The van der Waals surface area contributed by atoms with Crippen molar-refractivity contribution in [3.63, 3.8) is 0 Å². The first-order chi connectivity index (χ1) is 14.2. The summed E-state index contributed by atoms with van der Waals surface area (Å²) in [6.45, 7) is 5.87. The van der Waals surface area contributed by atoms with E-state index in [0.29, 0.717) is 16.7 Å². The van der Waals surface area contributed by atoms with Crippen LogP contribution < -0.4 is 16.2 Å². The highest BCUT2D eigenvalue weighted by Crippen LogP contribution is 2.46. The standard InChI is InChI=1S/C25H19NO4/c1-12(24-25(2,3)15-10-6-7-11-16(15)26-24)17-18(23(30)22(17)29)19-20(27)13-8-4-5-9-14(13)21(19)28/h4-11,26-27H,1-3H3. The van der Waals surface area contributed by atoms with Crippen molar-refractivity contribution in [2.45, 2.75) is 26.2 Å². The summed E-state index contributed by atoms with van der Waals surface area (Å²) in [7, 11) is 0. The summed E-state index contributed by atoms with van der Waals surface area (Å²) in [5.74, 6) is -0.681. The van der Waals surface area contributed by atoms with Gasteiger partial charge in [-0.3, -0.25) is 14.4 Å². The molecule has 3 aromatic rings. The van der Waals surface area contributed by atoms with E-state index in [1.807, 2.05) is 38.1 Å². The second kappa shape index (κ2) is 5.89. The lowest BCUT2D eigenvalue weighted by molar-refractivity contribution is 0.105. The molecule has 0 saturated carbocycles. The smallest absolute Gasteiger partial charge is 0.235 e. The van der Waals surface area contributed by atoms with Crippen molar-refractivity contribution in [3.05, 3.63) is 102 Å². The highest BCUT2D eigenvalue weighted by molar-refractivity contribution is 6.39. The van der Waals surface area contributed by atoms with Gasteiger partial charge in [-0.15, -0.1) is 0 Å². The van der Waals surface area contributed by atoms with Gasteiger partial charge in [0.25, 0.3) is 0 Å². The predicted molar refractivity (Wildman–Crippen MR) is 117 cm³/mol. The molecule has 1 aliphatic heterocycles. The minimum absolute atomic E-state index is 0.0113. The van der Waals surface area contributed by atoms with Crippen LogP contribution in [0.5, 0.6) is 0 Å². The fourth-order valence-electron chi connectivity index (χ4n) is 4.73. The number of aliphatic hydroxyl groups is 1. The van der Waals surface area contributed by atoms with Gasteiger partial charge in [-0.25, -0.2) is 0 Å². The summed E-state index contributed by atoms with van der Waals surface area (Å²) in [5, 5.41) is 14.1. The molecular weight excluding hydrogens is 378 g/mol. The number of fused-ring (bicyclic) bond motifs is 2. The zero-order chi connectivity index (χ0) is 21.4. The summed E-state index contributed by atoms with van der Waals surface area (Å²) >= 11 is 0.